The van der Waals surface area contributed by atoms with Crippen LogP contribution >= 0.6 is 11.3 Å². The van der Waals surface area contributed by atoms with E-state index in [-0.39, 0.29) is 11.8 Å². The number of hydrogen-bond acceptors (Lipinski definition) is 9. The van der Waals surface area contributed by atoms with Crippen molar-refractivity contribution < 1.29 is 9.66 Å². The first-order chi connectivity index (χ1) is 14.1. The predicted octanol–water partition coefficient (Wildman–Crippen LogP) is 4.15. The van der Waals surface area contributed by atoms with Crippen molar-refractivity contribution in [1.29, 1.82) is 0 Å². The lowest BCUT2D eigenvalue weighted by Crippen LogP contribution is -2.18. The zero-order valence-corrected chi connectivity index (χ0v) is 16.6. The molecule has 1 atom stereocenters. The zero-order valence-electron chi connectivity index (χ0n) is 15.8. The molecule has 9 nitrogen and oxygen atoms in total. The molecule has 0 saturated carbocycles. The Morgan fingerprint density at radius 2 is 2.24 bits per heavy atom. The highest BCUT2D eigenvalue weighted by Crippen LogP contribution is 2.32. The summed E-state index contributed by atoms with van der Waals surface area (Å²) in [5.41, 5.74) is 2.18. The molecule has 2 aromatic heterocycles. The molecule has 1 aliphatic rings. The lowest BCUT2D eigenvalue weighted by Gasteiger charge is -2.09. The van der Waals surface area contributed by atoms with E-state index < -0.39 is 4.92 Å². The number of thiazole rings is 1. The Morgan fingerprint density at radius 3 is 3.03 bits per heavy atom. The first kappa shape index (κ1) is 19.2. The lowest BCUT2D eigenvalue weighted by molar-refractivity contribution is -0.384. The molecule has 1 unspecified atom stereocenters. The van der Waals surface area contributed by atoms with Crippen LogP contribution in [0.1, 0.15) is 18.5 Å². The molecule has 0 spiro atoms. The van der Waals surface area contributed by atoms with E-state index in [0.29, 0.717) is 11.6 Å². The second-order valence-electron chi connectivity index (χ2n) is 6.65. The van der Waals surface area contributed by atoms with E-state index in [4.69, 9.17) is 4.74 Å². The topological polar surface area (TPSA) is 115 Å². The molecule has 3 aromatic rings. The van der Waals surface area contributed by atoms with Crippen LogP contribution in [0.5, 0.6) is 0 Å². The van der Waals surface area contributed by atoms with Crippen molar-refractivity contribution in [2.24, 2.45) is 0 Å². The molecule has 0 amide bonds. The number of nitrogens with zero attached hydrogens (tertiary/aromatic N) is 4. The van der Waals surface area contributed by atoms with E-state index in [1.165, 1.54) is 23.5 Å². The van der Waals surface area contributed by atoms with Gasteiger partial charge in [0, 0.05) is 37.2 Å². The fraction of sp³-hybridized carbons (Fsp3) is 0.316. The minimum Gasteiger partial charge on any atom is -0.376 e. The van der Waals surface area contributed by atoms with E-state index in [1.807, 2.05) is 13.0 Å². The second-order valence-corrected chi connectivity index (χ2v) is 7.65. The minimum atomic E-state index is -0.436. The molecule has 29 heavy (non-hydrogen) atoms. The predicted molar refractivity (Wildman–Crippen MR) is 112 cm³/mol. The molecule has 1 aromatic carbocycles. The third-order valence-electron chi connectivity index (χ3n) is 4.50. The van der Waals surface area contributed by atoms with Crippen LogP contribution in [0.2, 0.25) is 0 Å². The number of benzene rings is 1. The summed E-state index contributed by atoms with van der Waals surface area (Å²) in [6, 6.07) is 8.05. The van der Waals surface area contributed by atoms with Gasteiger partial charge in [0.2, 0.25) is 5.95 Å². The average Bonchev–Trinajstić information content (AvgIpc) is 3.36. The van der Waals surface area contributed by atoms with Crippen LogP contribution in [0, 0.1) is 17.0 Å². The Labute approximate surface area is 171 Å². The van der Waals surface area contributed by atoms with Crippen LogP contribution in [0.15, 0.2) is 36.5 Å². The summed E-state index contributed by atoms with van der Waals surface area (Å²) in [5, 5.41) is 18.2. The normalized spacial score (nSPS) is 16.0. The number of nitro groups is 1. The number of ether oxygens (including phenoxy) is 1. The summed E-state index contributed by atoms with van der Waals surface area (Å²) in [6.07, 6.45) is 4.08. The van der Waals surface area contributed by atoms with E-state index in [2.05, 4.69) is 25.6 Å². The number of nitrogens with one attached hydrogen (secondary N) is 2. The quantitative estimate of drug-likeness (QED) is 0.439. The highest BCUT2D eigenvalue weighted by atomic mass is 32.1. The molecule has 150 valence electrons. The molecule has 1 fully saturated rings. The smallest absolute Gasteiger partial charge is 0.271 e. The Hall–Kier alpha value is -3.11. The summed E-state index contributed by atoms with van der Waals surface area (Å²) in [5.74, 6) is 0.365. The summed E-state index contributed by atoms with van der Waals surface area (Å²) in [7, 11) is 0. The number of non-ortho nitro benzene ring substituents is 1. The van der Waals surface area contributed by atoms with Crippen molar-refractivity contribution in [1.82, 2.24) is 15.0 Å². The van der Waals surface area contributed by atoms with Crippen LogP contribution in [0.3, 0.4) is 0 Å². The van der Waals surface area contributed by atoms with Crippen LogP contribution in [-0.4, -0.2) is 39.1 Å². The van der Waals surface area contributed by atoms with Gasteiger partial charge in [-0.2, -0.15) is 0 Å². The third-order valence-corrected chi connectivity index (χ3v) is 5.64. The van der Waals surface area contributed by atoms with Gasteiger partial charge in [0.25, 0.3) is 5.69 Å². The van der Waals surface area contributed by atoms with Crippen molar-refractivity contribution in [3.63, 3.8) is 0 Å². The SMILES string of the molecule is Cc1nc(NCC2CCCO2)sc1-c1ccnc(Nc2cccc([N+](=O)[O-])c2)n1. The summed E-state index contributed by atoms with van der Waals surface area (Å²) in [6.45, 7) is 3.52. The van der Waals surface area contributed by atoms with Gasteiger partial charge in [0.15, 0.2) is 5.13 Å². The lowest BCUT2D eigenvalue weighted by atomic mass is 10.2. The fourth-order valence-electron chi connectivity index (χ4n) is 3.09. The molecule has 1 saturated heterocycles. The first-order valence-corrected chi connectivity index (χ1v) is 10.1. The third kappa shape index (κ3) is 4.66. The molecular weight excluding hydrogens is 392 g/mol. The number of nitro benzene ring substituents is 1. The van der Waals surface area contributed by atoms with Crippen molar-refractivity contribution in [3.05, 3.63) is 52.3 Å². The van der Waals surface area contributed by atoms with E-state index in [0.717, 1.165) is 47.4 Å². The van der Waals surface area contributed by atoms with Crippen molar-refractivity contribution in [3.8, 4) is 10.6 Å². The van der Waals surface area contributed by atoms with Crippen molar-refractivity contribution in [2.75, 3.05) is 23.8 Å². The van der Waals surface area contributed by atoms with Gasteiger partial charge in [-0.15, -0.1) is 0 Å². The first-order valence-electron chi connectivity index (χ1n) is 9.26. The molecule has 4 rings (SSSR count). The van der Waals surface area contributed by atoms with Gasteiger partial charge in [0.05, 0.1) is 27.3 Å². The van der Waals surface area contributed by atoms with Crippen LogP contribution in [-0.2, 0) is 4.74 Å². The number of anilines is 3. The zero-order chi connectivity index (χ0) is 20.2. The van der Waals surface area contributed by atoms with Gasteiger partial charge in [-0.1, -0.05) is 17.4 Å². The van der Waals surface area contributed by atoms with Gasteiger partial charge in [-0.05, 0) is 31.9 Å². The summed E-state index contributed by atoms with van der Waals surface area (Å²) in [4.78, 5) is 24.8. The van der Waals surface area contributed by atoms with Crippen LogP contribution < -0.4 is 10.6 Å². The fourth-order valence-corrected chi connectivity index (χ4v) is 4.03. The number of aromatic nitrogens is 3. The molecule has 0 radical (unpaired) electrons. The molecule has 1 aliphatic heterocycles. The number of aryl methyl sites for hydroxylation is 1. The minimum absolute atomic E-state index is 0.00594. The monoisotopic (exact) mass is 412 g/mol. The summed E-state index contributed by atoms with van der Waals surface area (Å²) >= 11 is 1.53. The number of rotatable bonds is 7. The van der Waals surface area contributed by atoms with Crippen molar-refractivity contribution >= 4 is 33.8 Å². The maximum Gasteiger partial charge on any atom is 0.271 e. The van der Waals surface area contributed by atoms with Gasteiger partial charge in [0.1, 0.15) is 0 Å². The second kappa shape index (κ2) is 8.50. The Bertz CT molecular complexity index is 1020. The van der Waals surface area contributed by atoms with E-state index in [9.17, 15) is 10.1 Å². The van der Waals surface area contributed by atoms with E-state index in [1.54, 1.807) is 18.3 Å². The van der Waals surface area contributed by atoms with Gasteiger partial charge in [-0.3, -0.25) is 10.1 Å². The number of hydrogen-bond donors (Lipinski definition) is 2. The highest BCUT2D eigenvalue weighted by molar-refractivity contribution is 7.19. The Morgan fingerprint density at radius 1 is 1.34 bits per heavy atom. The molecule has 0 aliphatic carbocycles. The summed E-state index contributed by atoms with van der Waals surface area (Å²) < 4.78 is 5.64. The molecular formula is C19H20N6O3S. The van der Waals surface area contributed by atoms with Gasteiger partial charge < -0.3 is 15.4 Å². The molecule has 10 heteroatoms. The van der Waals surface area contributed by atoms with Crippen LogP contribution in [0.25, 0.3) is 10.6 Å². The van der Waals surface area contributed by atoms with Gasteiger partial charge >= 0.3 is 0 Å². The maximum atomic E-state index is 10.9. The largest absolute Gasteiger partial charge is 0.376 e. The highest BCUT2D eigenvalue weighted by Gasteiger charge is 2.17. The maximum absolute atomic E-state index is 10.9. The molecule has 0 bridgehead atoms. The van der Waals surface area contributed by atoms with Gasteiger partial charge in [-0.25, -0.2) is 15.0 Å². The Kier molecular flexibility index (Phi) is 5.63. The van der Waals surface area contributed by atoms with Crippen molar-refractivity contribution in [2.45, 2.75) is 25.9 Å². The molecule has 3 heterocycles. The van der Waals surface area contributed by atoms with Crippen LogP contribution in [0.4, 0.5) is 22.5 Å². The van der Waals surface area contributed by atoms with E-state index >= 15 is 0 Å². The molecule has 2 N–H and O–H groups in total. The average molecular weight is 412 g/mol. The standard InChI is InChI=1S/C19H20N6O3S/c1-12-17(29-19(22-12)21-11-15-6-3-9-28-15)16-7-8-20-18(24-16)23-13-4-2-5-14(10-13)25(26)27/h2,4-5,7-8,10,15H,3,6,9,11H2,1H3,(H,21,22)(H,20,23,24). The Balaban J connectivity index is 1.49.